The first-order valence-corrected chi connectivity index (χ1v) is 6.74. The van der Waals surface area contributed by atoms with Crippen LogP contribution in [0.3, 0.4) is 0 Å². The van der Waals surface area contributed by atoms with E-state index in [1.54, 1.807) is 12.5 Å². The molecule has 2 aromatic rings. The molecule has 0 aliphatic heterocycles. The Hall–Kier alpha value is -2.12. The van der Waals surface area contributed by atoms with Crippen LogP contribution in [0.25, 0.3) is 0 Å². The quantitative estimate of drug-likeness (QED) is 0.782. The lowest BCUT2D eigenvalue weighted by molar-refractivity contribution is -0.138. The van der Waals surface area contributed by atoms with Crippen LogP contribution in [0, 0.1) is 6.92 Å². The average molecular weight is 293 g/mol. The van der Waals surface area contributed by atoms with Gasteiger partial charge in [-0.3, -0.25) is 4.79 Å². The van der Waals surface area contributed by atoms with Crippen molar-refractivity contribution in [3.63, 3.8) is 0 Å². The smallest absolute Gasteiger partial charge is 0.326 e. The molecular formula is C13H15N3O3S. The predicted molar refractivity (Wildman–Crippen MR) is 77.7 cm³/mol. The van der Waals surface area contributed by atoms with Crippen molar-refractivity contribution in [1.29, 1.82) is 0 Å². The summed E-state index contributed by atoms with van der Waals surface area (Å²) in [5, 5.41) is 14.2. The van der Waals surface area contributed by atoms with Gasteiger partial charge in [-0.05, 0) is 30.7 Å². The first-order chi connectivity index (χ1) is 9.51. The van der Waals surface area contributed by atoms with Crippen molar-refractivity contribution in [1.82, 2.24) is 4.98 Å². The van der Waals surface area contributed by atoms with Crippen LogP contribution in [0.5, 0.6) is 5.75 Å². The summed E-state index contributed by atoms with van der Waals surface area (Å²) in [6, 6.07) is 4.55. The van der Waals surface area contributed by atoms with E-state index < -0.39 is 12.0 Å². The number of methoxy groups -OCH3 is 1. The number of hydrogen-bond donors (Lipinski definition) is 3. The third-order valence-corrected chi connectivity index (χ3v) is 3.53. The number of nitrogens with one attached hydrogen (secondary N) is 1. The summed E-state index contributed by atoms with van der Waals surface area (Å²) in [4.78, 5) is 15.0. The van der Waals surface area contributed by atoms with Crippen molar-refractivity contribution in [2.75, 3.05) is 12.4 Å². The van der Waals surface area contributed by atoms with E-state index in [-0.39, 0.29) is 0 Å². The molecule has 1 unspecified atom stereocenters. The molecule has 1 atom stereocenters. The molecule has 1 aromatic heterocycles. The van der Waals surface area contributed by atoms with Gasteiger partial charge in [0, 0.05) is 11.1 Å². The fourth-order valence-electron chi connectivity index (χ4n) is 1.69. The molecule has 0 amide bonds. The zero-order valence-corrected chi connectivity index (χ0v) is 11.9. The van der Waals surface area contributed by atoms with Crippen LogP contribution in [0.2, 0.25) is 0 Å². The maximum Gasteiger partial charge on any atom is 0.326 e. The number of carbonyl (C=O) groups is 1. The van der Waals surface area contributed by atoms with E-state index in [2.05, 4.69) is 10.3 Å². The number of nitrogens with zero attached hydrogens (tertiary/aromatic N) is 1. The molecule has 0 aliphatic rings. The van der Waals surface area contributed by atoms with Crippen LogP contribution in [0.15, 0.2) is 23.6 Å². The van der Waals surface area contributed by atoms with Crippen LogP contribution in [0.1, 0.15) is 17.3 Å². The standard InChI is InChI=1S/C13H15N3O3S/c1-7-5-8(3-4-10(7)19-2)15-13-16-9(6-20-13)11(14)12(17)18/h3-6,11H,14H2,1-2H3,(H,15,16)(H,17,18). The molecule has 20 heavy (non-hydrogen) atoms. The molecule has 7 heteroatoms. The second-order valence-electron chi connectivity index (χ2n) is 4.20. The molecule has 0 radical (unpaired) electrons. The number of carboxylic acids is 1. The Kier molecular flexibility index (Phi) is 4.21. The summed E-state index contributed by atoms with van der Waals surface area (Å²) in [5.41, 5.74) is 7.70. The van der Waals surface area contributed by atoms with Crippen molar-refractivity contribution in [3.05, 3.63) is 34.8 Å². The number of benzene rings is 1. The van der Waals surface area contributed by atoms with E-state index in [1.807, 2.05) is 25.1 Å². The average Bonchev–Trinajstić information content (AvgIpc) is 2.86. The maximum absolute atomic E-state index is 10.8. The highest BCUT2D eigenvalue weighted by Gasteiger charge is 2.17. The summed E-state index contributed by atoms with van der Waals surface area (Å²) in [5.74, 6) is -0.287. The number of thiazole rings is 1. The van der Waals surface area contributed by atoms with Gasteiger partial charge in [-0.1, -0.05) is 0 Å². The van der Waals surface area contributed by atoms with Gasteiger partial charge in [0.25, 0.3) is 0 Å². The van der Waals surface area contributed by atoms with Crippen LogP contribution in [0.4, 0.5) is 10.8 Å². The minimum atomic E-state index is -1.10. The van der Waals surface area contributed by atoms with E-state index in [1.165, 1.54) is 11.3 Å². The minimum Gasteiger partial charge on any atom is -0.496 e. The Morgan fingerprint density at radius 2 is 2.30 bits per heavy atom. The molecule has 0 spiro atoms. The van der Waals surface area contributed by atoms with Crippen LogP contribution < -0.4 is 15.8 Å². The lowest BCUT2D eigenvalue weighted by Gasteiger charge is -2.08. The normalized spacial score (nSPS) is 11.9. The Balaban J connectivity index is 2.14. The lowest BCUT2D eigenvalue weighted by atomic mass is 10.2. The van der Waals surface area contributed by atoms with Crippen molar-refractivity contribution < 1.29 is 14.6 Å². The predicted octanol–water partition coefficient (Wildman–Crippen LogP) is 2.29. The van der Waals surface area contributed by atoms with Gasteiger partial charge in [0.2, 0.25) is 0 Å². The number of hydrogen-bond acceptors (Lipinski definition) is 6. The van der Waals surface area contributed by atoms with Gasteiger partial charge in [0.15, 0.2) is 5.13 Å². The molecule has 2 rings (SSSR count). The first kappa shape index (κ1) is 14.3. The molecule has 106 valence electrons. The van der Waals surface area contributed by atoms with Gasteiger partial charge in [0.1, 0.15) is 11.8 Å². The summed E-state index contributed by atoms with van der Waals surface area (Å²) < 4.78 is 5.19. The highest BCUT2D eigenvalue weighted by molar-refractivity contribution is 7.13. The third-order valence-electron chi connectivity index (χ3n) is 2.75. The van der Waals surface area contributed by atoms with Gasteiger partial charge in [0.05, 0.1) is 12.8 Å². The van der Waals surface area contributed by atoms with Crippen molar-refractivity contribution in [2.24, 2.45) is 5.73 Å². The maximum atomic E-state index is 10.8. The second kappa shape index (κ2) is 5.89. The second-order valence-corrected chi connectivity index (χ2v) is 5.06. The number of nitrogens with two attached hydrogens (primary N) is 1. The van der Waals surface area contributed by atoms with Crippen molar-refractivity contribution in [3.8, 4) is 5.75 Å². The number of aromatic nitrogens is 1. The molecule has 0 saturated heterocycles. The summed E-state index contributed by atoms with van der Waals surface area (Å²) in [7, 11) is 1.62. The fraction of sp³-hybridized carbons (Fsp3) is 0.231. The number of rotatable bonds is 5. The van der Waals surface area contributed by atoms with Gasteiger partial charge in [-0.15, -0.1) is 11.3 Å². The first-order valence-electron chi connectivity index (χ1n) is 5.86. The topological polar surface area (TPSA) is 97.5 Å². The molecule has 4 N–H and O–H groups in total. The number of ether oxygens (including phenoxy) is 1. The van der Waals surface area contributed by atoms with E-state index in [9.17, 15) is 4.79 Å². The molecule has 0 fully saturated rings. The van der Waals surface area contributed by atoms with Gasteiger partial charge >= 0.3 is 5.97 Å². The Labute approximate surface area is 120 Å². The highest BCUT2D eigenvalue weighted by atomic mass is 32.1. The largest absolute Gasteiger partial charge is 0.496 e. The molecule has 1 aromatic carbocycles. The summed E-state index contributed by atoms with van der Waals surface area (Å²) in [6.07, 6.45) is 0. The van der Waals surface area contributed by atoms with Gasteiger partial charge in [-0.2, -0.15) is 0 Å². The SMILES string of the molecule is COc1ccc(Nc2nc(C(N)C(=O)O)cs2)cc1C. The van der Waals surface area contributed by atoms with E-state index in [4.69, 9.17) is 15.6 Å². The molecule has 0 aliphatic carbocycles. The molecule has 1 heterocycles. The zero-order valence-electron chi connectivity index (χ0n) is 11.1. The van der Waals surface area contributed by atoms with Crippen molar-refractivity contribution >= 4 is 28.1 Å². The van der Waals surface area contributed by atoms with Crippen LogP contribution in [-0.2, 0) is 4.79 Å². The molecular weight excluding hydrogens is 278 g/mol. The monoisotopic (exact) mass is 293 g/mol. The number of anilines is 2. The van der Waals surface area contributed by atoms with Crippen LogP contribution in [-0.4, -0.2) is 23.2 Å². The van der Waals surface area contributed by atoms with Gasteiger partial charge in [-0.25, -0.2) is 4.98 Å². The zero-order chi connectivity index (χ0) is 14.7. The molecule has 0 bridgehead atoms. The summed E-state index contributed by atoms with van der Waals surface area (Å²) >= 11 is 1.31. The number of carboxylic acid groups (broad SMARTS) is 1. The molecule has 0 saturated carbocycles. The Bertz CT molecular complexity index is 627. The summed E-state index contributed by atoms with van der Waals surface area (Å²) in [6.45, 7) is 1.94. The Morgan fingerprint density at radius 1 is 1.55 bits per heavy atom. The van der Waals surface area contributed by atoms with E-state index in [0.717, 1.165) is 17.0 Å². The third kappa shape index (κ3) is 3.06. The fourth-order valence-corrected chi connectivity index (χ4v) is 2.46. The number of aliphatic carboxylic acids is 1. The van der Waals surface area contributed by atoms with E-state index in [0.29, 0.717) is 10.8 Å². The van der Waals surface area contributed by atoms with E-state index >= 15 is 0 Å². The Morgan fingerprint density at radius 3 is 2.90 bits per heavy atom. The minimum absolute atomic E-state index is 0.343. The number of aryl methyl sites for hydroxylation is 1. The van der Waals surface area contributed by atoms with Crippen molar-refractivity contribution in [2.45, 2.75) is 13.0 Å². The highest BCUT2D eigenvalue weighted by Crippen LogP contribution is 2.26. The van der Waals surface area contributed by atoms with Crippen LogP contribution >= 0.6 is 11.3 Å². The lowest BCUT2D eigenvalue weighted by Crippen LogP contribution is -2.20. The van der Waals surface area contributed by atoms with Gasteiger partial charge < -0.3 is 20.9 Å². The molecule has 6 nitrogen and oxygen atoms in total.